The molecule has 29 heavy (non-hydrogen) atoms. The Morgan fingerprint density at radius 3 is 2.31 bits per heavy atom. The highest BCUT2D eigenvalue weighted by Crippen LogP contribution is 2.26. The van der Waals surface area contributed by atoms with Gasteiger partial charge in [0.2, 0.25) is 0 Å². The summed E-state index contributed by atoms with van der Waals surface area (Å²) in [7, 11) is 0. The number of carbonyl (C=O) groups excluding carboxylic acids is 3. The van der Waals surface area contributed by atoms with Crippen LogP contribution in [0.3, 0.4) is 0 Å². The minimum atomic E-state index is -0.377. The number of anilines is 1. The molecule has 0 saturated carbocycles. The SMILES string of the molecule is CCc1ccccc1NC(=O)c1ccc2c(c1)C(=O)N(Cc1ccccc1)C2=O. The predicted octanol–water partition coefficient (Wildman–Crippen LogP) is 4.30. The summed E-state index contributed by atoms with van der Waals surface area (Å²) in [6.07, 6.45) is 0.794. The third-order valence-corrected chi connectivity index (χ3v) is 5.06. The molecule has 0 aliphatic carbocycles. The second-order valence-electron chi connectivity index (χ2n) is 6.91. The molecule has 1 N–H and O–H groups in total. The quantitative estimate of drug-likeness (QED) is 0.667. The molecule has 1 aliphatic heterocycles. The van der Waals surface area contributed by atoms with Gasteiger partial charge in [-0.05, 0) is 41.8 Å². The molecule has 4 rings (SSSR count). The van der Waals surface area contributed by atoms with E-state index < -0.39 is 0 Å². The molecule has 3 amide bonds. The Morgan fingerprint density at radius 1 is 0.862 bits per heavy atom. The van der Waals surface area contributed by atoms with Crippen molar-refractivity contribution in [2.45, 2.75) is 19.9 Å². The topological polar surface area (TPSA) is 66.5 Å². The minimum Gasteiger partial charge on any atom is -0.322 e. The second kappa shape index (κ2) is 7.72. The van der Waals surface area contributed by atoms with Crippen molar-refractivity contribution in [2.24, 2.45) is 0 Å². The van der Waals surface area contributed by atoms with Crippen LogP contribution in [-0.4, -0.2) is 22.6 Å². The number of nitrogens with zero attached hydrogens (tertiary/aromatic N) is 1. The first-order chi connectivity index (χ1) is 14.1. The molecule has 0 atom stereocenters. The van der Waals surface area contributed by atoms with E-state index in [4.69, 9.17) is 0 Å². The predicted molar refractivity (Wildman–Crippen MR) is 111 cm³/mol. The normalized spacial score (nSPS) is 12.8. The number of aryl methyl sites for hydroxylation is 1. The molecule has 0 spiro atoms. The Balaban J connectivity index is 1.58. The van der Waals surface area contributed by atoms with Gasteiger partial charge < -0.3 is 5.32 Å². The van der Waals surface area contributed by atoms with Crippen LogP contribution in [0.1, 0.15) is 49.1 Å². The standard InChI is InChI=1S/C24H20N2O3/c1-2-17-10-6-7-11-21(17)25-22(27)18-12-13-19-20(14-18)24(29)26(23(19)28)15-16-8-4-3-5-9-16/h3-14H,2,15H2,1H3,(H,25,27). The maximum atomic E-state index is 12.8. The highest BCUT2D eigenvalue weighted by molar-refractivity contribution is 6.22. The van der Waals surface area contributed by atoms with E-state index in [0.29, 0.717) is 11.1 Å². The molecule has 5 nitrogen and oxygen atoms in total. The van der Waals surface area contributed by atoms with Crippen LogP contribution in [0, 0.1) is 0 Å². The van der Waals surface area contributed by atoms with Crippen LogP contribution >= 0.6 is 0 Å². The van der Waals surface area contributed by atoms with Crippen molar-refractivity contribution < 1.29 is 14.4 Å². The molecule has 144 valence electrons. The van der Waals surface area contributed by atoms with Gasteiger partial charge in [-0.15, -0.1) is 0 Å². The lowest BCUT2D eigenvalue weighted by Crippen LogP contribution is -2.29. The number of hydrogen-bond acceptors (Lipinski definition) is 3. The molecule has 0 bridgehead atoms. The van der Waals surface area contributed by atoms with Crippen LogP contribution in [0.2, 0.25) is 0 Å². The first-order valence-corrected chi connectivity index (χ1v) is 9.52. The van der Waals surface area contributed by atoms with E-state index in [2.05, 4.69) is 5.32 Å². The number of hydrogen-bond donors (Lipinski definition) is 1. The van der Waals surface area contributed by atoms with E-state index in [1.165, 1.54) is 11.0 Å². The summed E-state index contributed by atoms with van der Waals surface area (Å²) in [5.41, 5.74) is 3.59. The fraction of sp³-hybridized carbons (Fsp3) is 0.125. The average molecular weight is 384 g/mol. The zero-order valence-corrected chi connectivity index (χ0v) is 16.0. The Bertz CT molecular complexity index is 1110. The van der Waals surface area contributed by atoms with Crippen LogP contribution in [0.5, 0.6) is 0 Å². The summed E-state index contributed by atoms with van der Waals surface area (Å²) < 4.78 is 0. The summed E-state index contributed by atoms with van der Waals surface area (Å²) in [4.78, 5) is 39.4. The molecule has 3 aromatic rings. The number of rotatable bonds is 5. The third-order valence-electron chi connectivity index (χ3n) is 5.06. The van der Waals surface area contributed by atoms with Gasteiger partial charge in [-0.2, -0.15) is 0 Å². The van der Waals surface area contributed by atoms with Crippen molar-refractivity contribution in [1.29, 1.82) is 0 Å². The molecular weight excluding hydrogens is 364 g/mol. The fourth-order valence-electron chi connectivity index (χ4n) is 3.49. The third kappa shape index (κ3) is 3.55. The van der Waals surface area contributed by atoms with Gasteiger partial charge in [0.25, 0.3) is 17.7 Å². The summed E-state index contributed by atoms with van der Waals surface area (Å²) >= 11 is 0. The highest BCUT2D eigenvalue weighted by Gasteiger charge is 2.36. The van der Waals surface area contributed by atoms with Crippen molar-refractivity contribution in [2.75, 3.05) is 5.32 Å². The van der Waals surface area contributed by atoms with Gasteiger partial charge in [0.15, 0.2) is 0 Å². The van der Waals surface area contributed by atoms with Gasteiger partial charge in [-0.3, -0.25) is 19.3 Å². The maximum Gasteiger partial charge on any atom is 0.261 e. The van der Waals surface area contributed by atoms with Gasteiger partial charge in [0, 0.05) is 11.3 Å². The Hall–Kier alpha value is -3.73. The lowest BCUT2D eigenvalue weighted by molar-refractivity contribution is 0.0642. The molecule has 0 fully saturated rings. The number of nitrogens with one attached hydrogen (secondary N) is 1. The lowest BCUT2D eigenvalue weighted by atomic mass is 10.0. The Morgan fingerprint density at radius 2 is 1.55 bits per heavy atom. The number of fused-ring (bicyclic) bond motifs is 1. The van der Waals surface area contributed by atoms with Crippen molar-refractivity contribution in [1.82, 2.24) is 4.90 Å². The first-order valence-electron chi connectivity index (χ1n) is 9.52. The van der Waals surface area contributed by atoms with Crippen molar-refractivity contribution >= 4 is 23.4 Å². The van der Waals surface area contributed by atoms with Crippen LogP contribution < -0.4 is 5.32 Å². The van der Waals surface area contributed by atoms with Crippen molar-refractivity contribution in [3.63, 3.8) is 0 Å². The minimum absolute atomic E-state index is 0.207. The number of para-hydroxylation sites is 1. The second-order valence-corrected chi connectivity index (χ2v) is 6.91. The number of carbonyl (C=O) groups is 3. The van der Waals surface area contributed by atoms with E-state index in [1.54, 1.807) is 12.1 Å². The van der Waals surface area contributed by atoms with Crippen LogP contribution in [0.25, 0.3) is 0 Å². The molecule has 0 aromatic heterocycles. The van der Waals surface area contributed by atoms with E-state index >= 15 is 0 Å². The average Bonchev–Trinajstić information content (AvgIpc) is 2.99. The van der Waals surface area contributed by atoms with Crippen molar-refractivity contribution in [3.05, 3.63) is 101 Å². The molecule has 5 heteroatoms. The van der Waals surface area contributed by atoms with E-state index in [0.717, 1.165) is 23.2 Å². The number of imide groups is 1. The Labute approximate surface area is 169 Å². The smallest absolute Gasteiger partial charge is 0.261 e. The molecule has 0 unspecified atom stereocenters. The summed E-state index contributed by atoms with van der Waals surface area (Å²) in [6.45, 7) is 2.23. The molecule has 1 heterocycles. The highest BCUT2D eigenvalue weighted by atomic mass is 16.2. The largest absolute Gasteiger partial charge is 0.322 e. The van der Waals surface area contributed by atoms with Crippen molar-refractivity contribution in [3.8, 4) is 0 Å². The van der Waals surface area contributed by atoms with Crippen LogP contribution in [0.4, 0.5) is 5.69 Å². The molecule has 1 aliphatic rings. The van der Waals surface area contributed by atoms with Crippen LogP contribution in [0.15, 0.2) is 72.8 Å². The van der Waals surface area contributed by atoms with Gasteiger partial charge >= 0.3 is 0 Å². The maximum absolute atomic E-state index is 12.8. The van der Waals surface area contributed by atoms with Gasteiger partial charge in [-0.1, -0.05) is 55.5 Å². The summed E-state index contributed by atoms with van der Waals surface area (Å²) in [5.74, 6) is -1.02. The number of amides is 3. The first kappa shape index (κ1) is 18.6. The summed E-state index contributed by atoms with van der Waals surface area (Å²) in [6, 6.07) is 21.6. The monoisotopic (exact) mass is 384 g/mol. The van der Waals surface area contributed by atoms with Gasteiger partial charge in [0.05, 0.1) is 17.7 Å². The molecule has 0 radical (unpaired) electrons. The lowest BCUT2D eigenvalue weighted by Gasteiger charge is -2.13. The van der Waals surface area contributed by atoms with E-state index in [9.17, 15) is 14.4 Å². The Kier molecular flexibility index (Phi) is 4.96. The zero-order chi connectivity index (χ0) is 20.4. The van der Waals surface area contributed by atoms with Gasteiger partial charge in [-0.25, -0.2) is 0 Å². The van der Waals surface area contributed by atoms with E-state index in [1.807, 2.05) is 61.5 Å². The van der Waals surface area contributed by atoms with Crippen LogP contribution in [-0.2, 0) is 13.0 Å². The van der Waals surface area contributed by atoms with E-state index in [-0.39, 0.29) is 29.8 Å². The van der Waals surface area contributed by atoms with Gasteiger partial charge in [0.1, 0.15) is 0 Å². The molecule has 0 saturated heterocycles. The zero-order valence-electron chi connectivity index (χ0n) is 16.0. The number of benzene rings is 3. The molecular formula is C24H20N2O3. The fourth-order valence-corrected chi connectivity index (χ4v) is 3.49. The molecule has 3 aromatic carbocycles. The summed E-state index contributed by atoms with van der Waals surface area (Å²) in [5, 5.41) is 2.90.